The van der Waals surface area contributed by atoms with Crippen LogP contribution in [0, 0.1) is 12.8 Å². The van der Waals surface area contributed by atoms with Gasteiger partial charge in [0, 0.05) is 41.7 Å². The van der Waals surface area contributed by atoms with Gasteiger partial charge in [-0.1, -0.05) is 0 Å². The molecule has 0 spiro atoms. The third kappa shape index (κ3) is 5.26. The molecule has 4 heterocycles. The molecular weight excluding hydrogens is 466 g/mol. The van der Waals surface area contributed by atoms with E-state index in [4.69, 9.17) is 19.4 Å². The molecule has 2 atom stereocenters. The fraction of sp³-hybridized carbons (Fsp3) is 0.417. The molecule has 1 saturated carbocycles. The highest BCUT2D eigenvalue weighted by Gasteiger charge is 2.37. The first kappa shape index (κ1) is 22.3. The summed E-state index contributed by atoms with van der Waals surface area (Å²) in [5, 5.41) is 14.1. The Balaban J connectivity index is 1.22. The van der Waals surface area contributed by atoms with Gasteiger partial charge in [0.05, 0.1) is 18.9 Å². The molecule has 2 aliphatic heterocycles. The predicted octanol–water partition coefficient (Wildman–Crippen LogP) is 3.36. The average molecular weight is 494 g/mol. The summed E-state index contributed by atoms with van der Waals surface area (Å²) in [5.41, 5.74) is 1.70. The Labute approximate surface area is 207 Å². The summed E-state index contributed by atoms with van der Waals surface area (Å²) in [5.74, 6) is 2.53. The molecule has 6 rings (SSSR count). The molecule has 10 nitrogen and oxygen atoms in total. The number of H-pyrrole nitrogens is 1. The van der Waals surface area contributed by atoms with Gasteiger partial charge >= 0.3 is 0 Å². The molecule has 2 saturated heterocycles. The number of aromatic nitrogens is 4. The minimum Gasteiger partial charge on any atom is -0.371 e. The molecule has 2 unspecified atom stereocenters. The second-order valence-electron chi connectivity index (χ2n) is 9.06. The van der Waals surface area contributed by atoms with Crippen LogP contribution in [0.1, 0.15) is 18.5 Å². The lowest BCUT2D eigenvalue weighted by atomic mass is 10.2. The number of aromatic amines is 1. The molecule has 2 aromatic heterocycles. The molecule has 3 fully saturated rings. The number of carbonyl (C=O) groups excluding carboxylic acids is 1. The van der Waals surface area contributed by atoms with Crippen LogP contribution in [0.4, 0.5) is 23.1 Å². The number of fused-ring (bicyclic) bond motifs is 1. The number of amides is 1. The standard InChI is InChI=1S/C24H27N7O3S/c1-14-10-21(30-29-14)26-20-11-22(31-12-18-19(13-31)34-9-8-33-18)28-24(27-20)35-17-6-4-16(5-7-17)25-23(32)15-2-3-15/h4-7,10-11,15,18-19H,2-3,8-9,12-13H2,1H3,(H,25,32)(H2,26,27,28,29,30). The highest BCUT2D eigenvalue weighted by Crippen LogP contribution is 2.33. The largest absolute Gasteiger partial charge is 0.371 e. The molecule has 3 aromatic rings. The summed E-state index contributed by atoms with van der Waals surface area (Å²) in [4.78, 5) is 24.8. The van der Waals surface area contributed by atoms with Gasteiger partial charge in [-0.3, -0.25) is 9.89 Å². The molecule has 182 valence electrons. The number of nitrogens with zero attached hydrogens (tertiary/aromatic N) is 4. The molecule has 1 amide bonds. The highest BCUT2D eigenvalue weighted by atomic mass is 32.2. The van der Waals surface area contributed by atoms with Crippen molar-refractivity contribution in [2.75, 3.05) is 41.8 Å². The van der Waals surface area contributed by atoms with Crippen molar-refractivity contribution in [1.82, 2.24) is 20.2 Å². The van der Waals surface area contributed by atoms with Gasteiger partial charge in [0.25, 0.3) is 0 Å². The van der Waals surface area contributed by atoms with E-state index in [2.05, 4.69) is 25.7 Å². The van der Waals surface area contributed by atoms with Crippen LogP contribution in [-0.4, -0.2) is 64.6 Å². The SMILES string of the molecule is Cc1cc(Nc2cc(N3CC4OCCOC4C3)nc(Sc3ccc(NC(=O)C4CC4)cc3)n2)[nH]n1. The quantitative estimate of drug-likeness (QED) is 0.426. The van der Waals surface area contributed by atoms with Crippen LogP contribution >= 0.6 is 11.8 Å². The van der Waals surface area contributed by atoms with Crippen molar-refractivity contribution in [3.8, 4) is 0 Å². The van der Waals surface area contributed by atoms with Gasteiger partial charge in [0.2, 0.25) is 5.91 Å². The third-order valence-electron chi connectivity index (χ3n) is 6.23. The molecule has 0 radical (unpaired) electrons. The zero-order valence-corrected chi connectivity index (χ0v) is 20.2. The Morgan fingerprint density at radius 1 is 1.09 bits per heavy atom. The zero-order valence-electron chi connectivity index (χ0n) is 19.4. The van der Waals surface area contributed by atoms with Crippen LogP contribution < -0.4 is 15.5 Å². The maximum atomic E-state index is 12.0. The fourth-order valence-corrected chi connectivity index (χ4v) is 5.03. The molecule has 3 N–H and O–H groups in total. The van der Waals surface area contributed by atoms with E-state index < -0.39 is 0 Å². The summed E-state index contributed by atoms with van der Waals surface area (Å²) in [6, 6.07) is 11.6. The number of hydrogen-bond acceptors (Lipinski definition) is 9. The van der Waals surface area contributed by atoms with Gasteiger partial charge < -0.3 is 25.0 Å². The number of benzene rings is 1. The van der Waals surface area contributed by atoms with Crippen molar-refractivity contribution in [2.24, 2.45) is 5.92 Å². The minimum atomic E-state index is 0.0554. The second-order valence-corrected chi connectivity index (χ2v) is 10.1. The van der Waals surface area contributed by atoms with E-state index in [1.54, 1.807) is 0 Å². The summed E-state index contributed by atoms with van der Waals surface area (Å²) in [6.07, 6.45) is 2.08. The molecule has 1 aromatic carbocycles. The average Bonchev–Trinajstić information content (AvgIpc) is 3.50. The summed E-state index contributed by atoms with van der Waals surface area (Å²) >= 11 is 1.47. The summed E-state index contributed by atoms with van der Waals surface area (Å²) in [6.45, 7) is 4.64. The monoisotopic (exact) mass is 493 g/mol. The molecule has 11 heteroatoms. The van der Waals surface area contributed by atoms with E-state index in [0.29, 0.717) is 24.2 Å². The lowest BCUT2D eigenvalue weighted by Gasteiger charge is -2.24. The Kier molecular flexibility index (Phi) is 6.05. The first-order valence-corrected chi connectivity index (χ1v) is 12.7. The summed E-state index contributed by atoms with van der Waals surface area (Å²) < 4.78 is 11.8. The van der Waals surface area contributed by atoms with Crippen LogP contribution in [-0.2, 0) is 14.3 Å². The fourth-order valence-electron chi connectivity index (χ4n) is 4.26. The van der Waals surface area contributed by atoms with Crippen molar-refractivity contribution < 1.29 is 14.3 Å². The number of hydrogen-bond donors (Lipinski definition) is 3. The third-order valence-corrected chi connectivity index (χ3v) is 7.10. The van der Waals surface area contributed by atoms with E-state index >= 15 is 0 Å². The number of nitrogens with one attached hydrogen (secondary N) is 3. The van der Waals surface area contributed by atoms with E-state index in [1.807, 2.05) is 43.3 Å². The lowest BCUT2D eigenvalue weighted by Crippen LogP contribution is -2.36. The van der Waals surface area contributed by atoms with Crippen LogP contribution in [0.25, 0.3) is 0 Å². The lowest BCUT2D eigenvalue weighted by molar-refractivity contribution is -0.117. The van der Waals surface area contributed by atoms with Crippen molar-refractivity contribution in [2.45, 2.75) is 42.0 Å². The molecule has 3 aliphatic rings. The molecular formula is C24H27N7O3S. The van der Waals surface area contributed by atoms with E-state index in [9.17, 15) is 4.79 Å². The van der Waals surface area contributed by atoms with Crippen molar-refractivity contribution >= 4 is 40.8 Å². The first-order chi connectivity index (χ1) is 17.1. The van der Waals surface area contributed by atoms with Gasteiger partial charge in [0.1, 0.15) is 29.7 Å². The van der Waals surface area contributed by atoms with Gasteiger partial charge in [-0.25, -0.2) is 9.97 Å². The number of carbonyl (C=O) groups is 1. The van der Waals surface area contributed by atoms with Crippen molar-refractivity contribution in [3.05, 3.63) is 42.1 Å². The van der Waals surface area contributed by atoms with Crippen LogP contribution in [0.3, 0.4) is 0 Å². The van der Waals surface area contributed by atoms with Crippen LogP contribution in [0.15, 0.2) is 46.5 Å². The molecule has 0 bridgehead atoms. The van der Waals surface area contributed by atoms with Crippen LogP contribution in [0.2, 0.25) is 0 Å². The number of ether oxygens (including phenoxy) is 2. The predicted molar refractivity (Wildman–Crippen MR) is 132 cm³/mol. The maximum absolute atomic E-state index is 12.0. The molecule has 35 heavy (non-hydrogen) atoms. The first-order valence-electron chi connectivity index (χ1n) is 11.8. The smallest absolute Gasteiger partial charge is 0.227 e. The zero-order chi connectivity index (χ0) is 23.8. The summed E-state index contributed by atoms with van der Waals surface area (Å²) in [7, 11) is 0. The van der Waals surface area contributed by atoms with E-state index in [1.165, 1.54) is 11.8 Å². The van der Waals surface area contributed by atoms with Crippen molar-refractivity contribution in [3.63, 3.8) is 0 Å². The van der Waals surface area contributed by atoms with E-state index in [0.717, 1.165) is 53.8 Å². The Hall–Kier alpha value is -3.15. The van der Waals surface area contributed by atoms with Gasteiger partial charge in [-0.15, -0.1) is 0 Å². The number of anilines is 4. The van der Waals surface area contributed by atoms with Gasteiger partial charge in [-0.2, -0.15) is 5.10 Å². The Morgan fingerprint density at radius 2 is 1.83 bits per heavy atom. The number of aryl methyl sites for hydroxylation is 1. The highest BCUT2D eigenvalue weighted by molar-refractivity contribution is 7.99. The van der Waals surface area contributed by atoms with E-state index in [-0.39, 0.29) is 24.0 Å². The van der Waals surface area contributed by atoms with Crippen molar-refractivity contribution in [1.29, 1.82) is 0 Å². The van der Waals surface area contributed by atoms with Gasteiger partial charge in [-0.05, 0) is 55.8 Å². The second kappa shape index (κ2) is 9.48. The Bertz CT molecular complexity index is 1200. The number of rotatable bonds is 7. The normalized spacial score (nSPS) is 21.6. The Morgan fingerprint density at radius 3 is 2.49 bits per heavy atom. The minimum absolute atomic E-state index is 0.0554. The topological polar surface area (TPSA) is 117 Å². The molecule has 1 aliphatic carbocycles. The maximum Gasteiger partial charge on any atom is 0.227 e. The van der Waals surface area contributed by atoms with Gasteiger partial charge in [0.15, 0.2) is 5.16 Å². The van der Waals surface area contributed by atoms with Crippen LogP contribution in [0.5, 0.6) is 0 Å².